The van der Waals surface area contributed by atoms with Crippen molar-refractivity contribution >= 4 is 35.6 Å². The number of nitrogens with one attached hydrogen (secondary N) is 2. The number of anilines is 1. The molecule has 0 aliphatic carbocycles. The zero-order valence-electron chi connectivity index (χ0n) is 19.0. The standard InChI is InChI=1S/C22H38N4O3.HI/c1-5-23-22(24-12-8-6-9-13-26-14-10-7-11-15-26)25-18-16-19(27-2)21(29-4)20(17-18)28-3;/h16-17H,5-15H2,1-4H3,(H2,23,24,25);1H. The molecule has 2 rings (SSSR count). The van der Waals surface area contributed by atoms with Crippen LogP contribution in [-0.4, -0.2) is 64.9 Å². The third kappa shape index (κ3) is 8.75. The van der Waals surface area contributed by atoms with Crippen LogP contribution in [0.15, 0.2) is 17.1 Å². The molecule has 1 heterocycles. The van der Waals surface area contributed by atoms with E-state index in [2.05, 4.69) is 22.5 Å². The first-order valence-electron chi connectivity index (χ1n) is 10.8. The van der Waals surface area contributed by atoms with Gasteiger partial charge in [-0.15, -0.1) is 24.0 Å². The van der Waals surface area contributed by atoms with Crippen molar-refractivity contribution in [3.63, 3.8) is 0 Å². The van der Waals surface area contributed by atoms with Gasteiger partial charge in [-0.25, -0.2) is 0 Å². The number of hydrogen-bond donors (Lipinski definition) is 2. The highest BCUT2D eigenvalue weighted by molar-refractivity contribution is 14.0. The van der Waals surface area contributed by atoms with Crippen LogP contribution < -0.4 is 24.8 Å². The first kappa shape index (κ1) is 26.6. The van der Waals surface area contributed by atoms with Crippen LogP contribution in [0.5, 0.6) is 17.2 Å². The van der Waals surface area contributed by atoms with Gasteiger partial charge in [0.1, 0.15) is 0 Å². The van der Waals surface area contributed by atoms with Crippen molar-refractivity contribution in [1.82, 2.24) is 10.2 Å². The number of guanidine groups is 1. The third-order valence-electron chi connectivity index (χ3n) is 5.12. The Morgan fingerprint density at radius 3 is 2.20 bits per heavy atom. The van der Waals surface area contributed by atoms with Crippen molar-refractivity contribution < 1.29 is 14.2 Å². The number of nitrogens with zero attached hydrogens (tertiary/aromatic N) is 2. The maximum absolute atomic E-state index is 5.43. The van der Waals surface area contributed by atoms with Crippen molar-refractivity contribution in [3.8, 4) is 17.2 Å². The molecule has 0 spiro atoms. The number of rotatable bonds is 11. The maximum Gasteiger partial charge on any atom is 0.203 e. The minimum atomic E-state index is 0. The summed E-state index contributed by atoms with van der Waals surface area (Å²) in [7, 11) is 4.83. The number of methoxy groups -OCH3 is 3. The molecule has 1 aliphatic heterocycles. The molecule has 0 saturated carbocycles. The summed E-state index contributed by atoms with van der Waals surface area (Å²) in [6, 6.07) is 3.76. The molecule has 1 aromatic rings. The van der Waals surface area contributed by atoms with Crippen molar-refractivity contribution in [3.05, 3.63) is 12.1 Å². The fraction of sp³-hybridized carbons (Fsp3) is 0.682. The van der Waals surface area contributed by atoms with Gasteiger partial charge in [-0.1, -0.05) is 12.8 Å². The average Bonchev–Trinajstić information content (AvgIpc) is 2.76. The molecule has 2 N–H and O–H groups in total. The van der Waals surface area contributed by atoms with Gasteiger partial charge in [0.2, 0.25) is 5.75 Å². The largest absolute Gasteiger partial charge is 0.493 e. The molecule has 0 bridgehead atoms. The quantitative estimate of drug-likeness (QED) is 0.190. The molecule has 1 saturated heterocycles. The zero-order valence-corrected chi connectivity index (χ0v) is 21.3. The van der Waals surface area contributed by atoms with E-state index in [0.29, 0.717) is 17.2 Å². The molecule has 1 aromatic carbocycles. The predicted octanol–water partition coefficient (Wildman–Crippen LogP) is 4.36. The van der Waals surface area contributed by atoms with E-state index in [4.69, 9.17) is 19.2 Å². The van der Waals surface area contributed by atoms with Gasteiger partial charge in [-0.2, -0.15) is 0 Å². The fourth-order valence-corrected chi connectivity index (χ4v) is 3.59. The number of piperidine rings is 1. The molecule has 0 unspecified atom stereocenters. The number of likely N-dealkylation sites (tertiary alicyclic amines) is 1. The summed E-state index contributed by atoms with van der Waals surface area (Å²) in [5.74, 6) is 2.57. The molecule has 0 amide bonds. The first-order chi connectivity index (χ1) is 14.2. The minimum absolute atomic E-state index is 0. The van der Waals surface area contributed by atoms with Crippen LogP contribution in [0.25, 0.3) is 0 Å². The van der Waals surface area contributed by atoms with Gasteiger partial charge >= 0.3 is 0 Å². The normalized spacial score (nSPS) is 14.6. The van der Waals surface area contributed by atoms with Crippen LogP contribution in [-0.2, 0) is 0 Å². The summed E-state index contributed by atoms with van der Waals surface area (Å²) < 4.78 is 16.2. The Morgan fingerprint density at radius 2 is 1.63 bits per heavy atom. The lowest BCUT2D eigenvalue weighted by Gasteiger charge is -2.26. The van der Waals surface area contributed by atoms with Crippen molar-refractivity contribution in [2.75, 3.05) is 59.4 Å². The molecule has 8 heteroatoms. The smallest absolute Gasteiger partial charge is 0.203 e. The topological polar surface area (TPSA) is 67.4 Å². The second kappa shape index (κ2) is 15.4. The monoisotopic (exact) mass is 534 g/mol. The predicted molar refractivity (Wildman–Crippen MR) is 135 cm³/mol. The Hall–Kier alpha value is -1.42. The Bertz CT molecular complexity index is 612. The molecule has 1 fully saturated rings. The lowest BCUT2D eigenvalue weighted by molar-refractivity contribution is 0.224. The molecule has 7 nitrogen and oxygen atoms in total. The Balaban J connectivity index is 0.00000450. The number of benzene rings is 1. The second-order valence-corrected chi connectivity index (χ2v) is 7.26. The Labute approximate surface area is 199 Å². The molecule has 172 valence electrons. The van der Waals surface area contributed by atoms with Gasteiger partial charge in [0, 0.05) is 30.9 Å². The van der Waals surface area contributed by atoms with Gasteiger partial charge in [0.05, 0.1) is 21.3 Å². The lowest BCUT2D eigenvalue weighted by Crippen LogP contribution is -2.31. The Kier molecular flexibility index (Phi) is 13.7. The van der Waals surface area contributed by atoms with Crippen LogP contribution >= 0.6 is 24.0 Å². The van der Waals surface area contributed by atoms with Crippen LogP contribution in [0.3, 0.4) is 0 Å². The highest BCUT2D eigenvalue weighted by atomic mass is 127. The molecule has 30 heavy (non-hydrogen) atoms. The maximum atomic E-state index is 5.43. The summed E-state index contributed by atoms with van der Waals surface area (Å²) in [6.45, 7) is 7.45. The summed E-state index contributed by atoms with van der Waals surface area (Å²) in [4.78, 5) is 7.31. The van der Waals surface area contributed by atoms with Gasteiger partial charge in [-0.05, 0) is 52.2 Å². The lowest BCUT2D eigenvalue weighted by atomic mass is 10.1. The van der Waals surface area contributed by atoms with E-state index in [1.165, 1.54) is 51.7 Å². The van der Waals surface area contributed by atoms with Crippen molar-refractivity contribution in [2.45, 2.75) is 45.4 Å². The van der Waals surface area contributed by atoms with Gasteiger partial charge in [0.15, 0.2) is 17.5 Å². The van der Waals surface area contributed by atoms with Crippen LogP contribution in [0.2, 0.25) is 0 Å². The zero-order chi connectivity index (χ0) is 20.9. The van der Waals surface area contributed by atoms with E-state index in [9.17, 15) is 0 Å². The van der Waals surface area contributed by atoms with Gasteiger partial charge in [0.25, 0.3) is 0 Å². The van der Waals surface area contributed by atoms with Gasteiger partial charge in [-0.3, -0.25) is 4.99 Å². The van der Waals surface area contributed by atoms with E-state index in [-0.39, 0.29) is 24.0 Å². The third-order valence-corrected chi connectivity index (χ3v) is 5.12. The highest BCUT2D eigenvalue weighted by Gasteiger charge is 2.14. The number of aliphatic imine (C=N–C) groups is 1. The van der Waals surface area contributed by atoms with E-state index in [1.54, 1.807) is 21.3 Å². The summed E-state index contributed by atoms with van der Waals surface area (Å²) in [6.07, 6.45) is 7.69. The Morgan fingerprint density at radius 1 is 0.967 bits per heavy atom. The van der Waals surface area contributed by atoms with Gasteiger partial charge < -0.3 is 29.7 Å². The van der Waals surface area contributed by atoms with E-state index in [1.807, 2.05) is 12.1 Å². The highest BCUT2D eigenvalue weighted by Crippen LogP contribution is 2.39. The minimum Gasteiger partial charge on any atom is -0.493 e. The van der Waals surface area contributed by atoms with E-state index >= 15 is 0 Å². The molecule has 0 atom stereocenters. The van der Waals surface area contributed by atoms with Crippen LogP contribution in [0, 0.1) is 0 Å². The van der Waals surface area contributed by atoms with Crippen molar-refractivity contribution in [1.29, 1.82) is 0 Å². The van der Waals surface area contributed by atoms with Crippen LogP contribution in [0.4, 0.5) is 5.69 Å². The molecule has 0 aromatic heterocycles. The average molecular weight is 534 g/mol. The van der Waals surface area contributed by atoms with Crippen molar-refractivity contribution in [2.24, 2.45) is 4.99 Å². The SMILES string of the molecule is CCNC(=NCCCCCN1CCCCC1)Nc1cc(OC)c(OC)c(OC)c1.I. The molecule has 1 aliphatic rings. The summed E-state index contributed by atoms with van der Waals surface area (Å²) >= 11 is 0. The van der Waals surface area contributed by atoms with Crippen LogP contribution in [0.1, 0.15) is 45.4 Å². The number of hydrogen-bond acceptors (Lipinski definition) is 5. The number of ether oxygens (including phenoxy) is 3. The summed E-state index contributed by atoms with van der Waals surface area (Å²) in [5, 5.41) is 6.63. The number of halogens is 1. The van der Waals surface area contributed by atoms with E-state index < -0.39 is 0 Å². The number of unbranched alkanes of at least 4 members (excludes halogenated alkanes) is 2. The van der Waals surface area contributed by atoms with E-state index in [0.717, 1.165) is 31.2 Å². The molecular weight excluding hydrogens is 495 g/mol. The second-order valence-electron chi connectivity index (χ2n) is 7.26. The fourth-order valence-electron chi connectivity index (χ4n) is 3.59. The molecule has 0 radical (unpaired) electrons. The first-order valence-corrected chi connectivity index (χ1v) is 10.8. The summed E-state index contributed by atoms with van der Waals surface area (Å²) in [5.41, 5.74) is 0.837. The molecular formula is C22H39IN4O3.